The van der Waals surface area contributed by atoms with E-state index in [1.807, 2.05) is 25.1 Å². The number of methoxy groups -OCH3 is 3. The Bertz CT molecular complexity index is 1760. The molecule has 0 saturated heterocycles. The van der Waals surface area contributed by atoms with Crippen molar-refractivity contribution in [3.05, 3.63) is 101 Å². The number of ether oxygens (including phenoxy) is 3. The number of hydrogen-bond acceptors (Lipinski definition) is 8. The minimum absolute atomic E-state index is 0.00316. The van der Waals surface area contributed by atoms with Crippen molar-refractivity contribution >= 4 is 40.9 Å². The molecule has 0 aliphatic heterocycles. The summed E-state index contributed by atoms with van der Waals surface area (Å²) in [4.78, 5) is 54.2. The van der Waals surface area contributed by atoms with E-state index in [0.717, 1.165) is 5.56 Å². The van der Waals surface area contributed by atoms with Crippen molar-refractivity contribution < 1.29 is 38.5 Å². The van der Waals surface area contributed by atoms with E-state index in [4.69, 9.17) is 14.2 Å². The number of carbonyl (C=O) groups excluding carboxylic acids is 3. The molecule has 4 rings (SSSR count). The Morgan fingerprint density at radius 1 is 0.787 bits per heavy atom. The lowest BCUT2D eigenvalue weighted by atomic mass is 10.1. The first-order chi connectivity index (χ1) is 22.6. The molecule has 1 atom stereocenters. The molecule has 244 valence electrons. The first kappa shape index (κ1) is 33.8. The Balaban J connectivity index is 1.38. The van der Waals surface area contributed by atoms with Crippen LogP contribution < -0.4 is 35.5 Å². The second kappa shape index (κ2) is 15.8. The number of aromatic nitrogens is 1. The zero-order chi connectivity index (χ0) is 33.9. The Kier molecular flexibility index (Phi) is 11.3. The van der Waals surface area contributed by atoms with Crippen LogP contribution in [0, 0.1) is 6.92 Å². The molecule has 1 heterocycles. The van der Waals surface area contributed by atoms with Crippen LogP contribution in [0.5, 0.6) is 17.2 Å². The lowest BCUT2D eigenvalue weighted by Crippen LogP contribution is -2.30. The SMILES string of the molecule is COc1cc(CC(=O)Nc2ccc(C(CC(=O)O)NC(=O)c3ccc(OC)c(OC)c3)nc2)ccc1NC(=O)Nc1ccccc1C. The van der Waals surface area contributed by atoms with E-state index in [0.29, 0.717) is 45.6 Å². The highest BCUT2D eigenvalue weighted by atomic mass is 16.5. The van der Waals surface area contributed by atoms with Crippen LogP contribution in [-0.2, 0) is 16.0 Å². The second-order valence-electron chi connectivity index (χ2n) is 10.3. The number of rotatable bonds is 13. The van der Waals surface area contributed by atoms with Crippen LogP contribution in [0.15, 0.2) is 79.0 Å². The molecule has 1 aromatic heterocycles. The number of amides is 4. The molecule has 0 fully saturated rings. The number of carbonyl (C=O) groups is 4. The monoisotopic (exact) mass is 641 g/mol. The van der Waals surface area contributed by atoms with Crippen LogP contribution >= 0.6 is 0 Å². The van der Waals surface area contributed by atoms with Crippen molar-refractivity contribution in [1.82, 2.24) is 10.3 Å². The molecule has 0 radical (unpaired) electrons. The van der Waals surface area contributed by atoms with Gasteiger partial charge in [0, 0.05) is 11.3 Å². The zero-order valence-corrected chi connectivity index (χ0v) is 26.2. The molecule has 3 aromatic carbocycles. The van der Waals surface area contributed by atoms with E-state index in [2.05, 4.69) is 26.3 Å². The number of carboxylic acid groups (broad SMARTS) is 1. The topological polar surface area (TPSA) is 177 Å². The summed E-state index contributed by atoms with van der Waals surface area (Å²) < 4.78 is 15.9. The van der Waals surface area contributed by atoms with Gasteiger partial charge in [-0.2, -0.15) is 0 Å². The van der Waals surface area contributed by atoms with E-state index in [1.54, 1.807) is 36.4 Å². The molecule has 4 aromatic rings. The number of pyridine rings is 1. The highest BCUT2D eigenvalue weighted by Crippen LogP contribution is 2.29. The third-order valence-corrected chi connectivity index (χ3v) is 7.03. The summed E-state index contributed by atoms with van der Waals surface area (Å²) in [6.45, 7) is 1.89. The van der Waals surface area contributed by atoms with Gasteiger partial charge in [0.15, 0.2) is 11.5 Å². The molecule has 5 N–H and O–H groups in total. The maximum atomic E-state index is 13.0. The van der Waals surface area contributed by atoms with Gasteiger partial charge in [0.05, 0.1) is 63.5 Å². The normalized spacial score (nSPS) is 11.1. The summed E-state index contributed by atoms with van der Waals surface area (Å²) in [5, 5.41) is 20.5. The summed E-state index contributed by atoms with van der Waals surface area (Å²) in [5.74, 6) is -0.840. The van der Waals surface area contributed by atoms with Gasteiger partial charge in [0.25, 0.3) is 5.91 Å². The molecule has 0 bridgehead atoms. The average molecular weight is 642 g/mol. The van der Waals surface area contributed by atoms with E-state index in [-0.39, 0.29) is 17.9 Å². The van der Waals surface area contributed by atoms with Gasteiger partial charge in [-0.05, 0) is 66.6 Å². The van der Waals surface area contributed by atoms with Crippen molar-refractivity contribution in [2.45, 2.75) is 25.8 Å². The number of urea groups is 1. The van der Waals surface area contributed by atoms with Gasteiger partial charge < -0.3 is 40.6 Å². The molecule has 13 nitrogen and oxygen atoms in total. The standard InChI is InChI=1S/C34H35N5O8/c1-20-7-5-6-8-24(20)38-34(44)39-26-12-9-21(15-29(26)46-3)16-31(40)36-23-11-13-25(35-19-23)27(18-32(41)42)37-33(43)22-10-14-28(45-2)30(17-22)47-4/h5-15,17,19,27H,16,18H2,1-4H3,(H,36,40)(H,37,43)(H,41,42)(H2,38,39,44). The highest BCUT2D eigenvalue weighted by molar-refractivity contribution is 6.01. The molecule has 0 spiro atoms. The van der Waals surface area contributed by atoms with Crippen molar-refractivity contribution in [3.8, 4) is 17.2 Å². The van der Waals surface area contributed by atoms with E-state index >= 15 is 0 Å². The van der Waals surface area contributed by atoms with Gasteiger partial charge in [0.1, 0.15) is 5.75 Å². The van der Waals surface area contributed by atoms with Crippen molar-refractivity contribution in [1.29, 1.82) is 0 Å². The van der Waals surface area contributed by atoms with Crippen molar-refractivity contribution in [2.75, 3.05) is 37.3 Å². The maximum absolute atomic E-state index is 13.0. The largest absolute Gasteiger partial charge is 0.495 e. The van der Waals surface area contributed by atoms with Gasteiger partial charge in [-0.3, -0.25) is 19.4 Å². The summed E-state index contributed by atoms with van der Waals surface area (Å²) in [6, 6.07) is 18.7. The van der Waals surface area contributed by atoms with Crippen molar-refractivity contribution in [3.63, 3.8) is 0 Å². The molecular weight excluding hydrogens is 606 g/mol. The fourth-order valence-corrected chi connectivity index (χ4v) is 4.64. The Hall–Kier alpha value is -6.11. The fraction of sp³-hybridized carbons (Fsp3) is 0.206. The summed E-state index contributed by atoms with van der Waals surface area (Å²) >= 11 is 0. The van der Waals surface area contributed by atoms with Crippen LogP contribution in [0.3, 0.4) is 0 Å². The van der Waals surface area contributed by atoms with Crippen LogP contribution in [-0.4, -0.2) is 55.2 Å². The number of aryl methyl sites for hydroxylation is 1. The summed E-state index contributed by atoms with van der Waals surface area (Å²) in [7, 11) is 4.38. The first-order valence-corrected chi connectivity index (χ1v) is 14.4. The molecule has 0 aliphatic carbocycles. The lowest BCUT2D eigenvalue weighted by Gasteiger charge is -2.18. The fourth-order valence-electron chi connectivity index (χ4n) is 4.64. The maximum Gasteiger partial charge on any atom is 0.323 e. The predicted molar refractivity (Wildman–Crippen MR) is 175 cm³/mol. The molecule has 4 amide bonds. The van der Waals surface area contributed by atoms with Crippen molar-refractivity contribution in [2.24, 2.45) is 0 Å². The van der Waals surface area contributed by atoms with E-state index in [9.17, 15) is 24.3 Å². The van der Waals surface area contributed by atoms with Gasteiger partial charge in [-0.25, -0.2) is 4.79 Å². The Morgan fingerprint density at radius 2 is 1.51 bits per heavy atom. The lowest BCUT2D eigenvalue weighted by molar-refractivity contribution is -0.137. The zero-order valence-electron chi connectivity index (χ0n) is 26.2. The molecule has 1 unspecified atom stereocenters. The number of nitrogens with one attached hydrogen (secondary N) is 4. The van der Waals surface area contributed by atoms with Crippen LogP contribution in [0.1, 0.15) is 39.6 Å². The van der Waals surface area contributed by atoms with Gasteiger partial charge in [-0.15, -0.1) is 0 Å². The first-order valence-electron chi connectivity index (χ1n) is 14.4. The smallest absolute Gasteiger partial charge is 0.323 e. The van der Waals surface area contributed by atoms with Crippen LogP contribution in [0.2, 0.25) is 0 Å². The van der Waals surface area contributed by atoms with Gasteiger partial charge in [-0.1, -0.05) is 24.3 Å². The Labute approximate surface area is 271 Å². The molecule has 0 aliphatic rings. The third kappa shape index (κ3) is 9.20. The molecule has 13 heteroatoms. The second-order valence-corrected chi connectivity index (χ2v) is 10.3. The summed E-state index contributed by atoms with van der Waals surface area (Å²) in [5.41, 5.74) is 3.56. The quantitative estimate of drug-likeness (QED) is 0.132. The number of aliphatic carboxylic acids is 1. The van der Waals surface area contributed by atoms with E-state index < -0.39 is 30.4 Å². The number of hydrogen-bond donors (Lipinski definition) is 5. The third-order valence-electron chi connectivity index (χ3n) is 7.03. The number of anilines is 3. The van der Waals surface area contributed by atoms with Gasteiger partial charge >= 0.3 is 12.0 Å². The minimum atomic E-state index is -1.13. The molecule has 47 heavy (non-hydrogen) atoms. The van der Waals surface area contributed by atoms with E-state index in [1.165, 1.54) is 45.7 Å². The summed E-state index contributed by atoms with van der Waals surface area (Å²) in [6.07, 6.45) is 0.958. The van der Waals surface area contributed by atoms with Crippen LogP contribution in [0.25, 0.3) is 0 Å². The number of carboxylic acids is 1. The highest BCUT2D eigenvalue weighted by Gasteiger charge is 2.21. The Morgan fingerprint density at radius 3 is 2.17 bits per heavy atom. The minimum Gasteiger partial charge on any atom is -0.495 e. The molecular formula is C34H35N5O8. The van der Waals surface area contributed by atoms with Crippen LogP contribution in [0.4, 0.5) is 21.9 Å². The number of benzene rings is 3. The van der Waals surface area contributed by atoms with Gasteiger partial charge in [0.2, 0.25) is 5.91 Å². The number of para-hydroxylation sites is 1. The predicted octanol–water partition coefficient (Wildman–Crippen LogP) is 5.19. The average Bonchev–Trinajstić information content (AvgIpc) is 3.05. The molecule has 0 saturated carbocycles. The number of nitrogens with zero attached hydrogens (tertiary/aromatic N) is 1.